The topological polar surface area (TPSA) is 41.6 Å². The molecule has 0 aliphatic heterocycles. The monoisotopic (exact) mass is 406 g/mol. The Hall–Kier alpha value is -2.85. The third-order valence-electron chi connectivity index (χ3n) is 5.18. The highest BCUT2D eigenvalue weighted by molar-refractivity contribution is 6.07. The van der Waals surface area contributed by atoms with Crippen molar-refractivity contribution in [2.24, 2.45) is 0 Å². The Kier molecular flexibility index (Phi) is 8.43. The molecule has 0 bridgehead atoms. The van der Waals surface area contributed by atoms with Gasteiger partial charge in [0.1, 0.15) is 5.75 Å². The molecule has 0 unspecified atom stereocenters. The summed E-state index contributed by atoms with van der Waals surface area (Å²) in [5.41, 5.74) is 3.52. The van der Waals surface area contributed by atoms with Crippen molar-refractivity contribution in [1.82, 2.24) is 4.90 Å². The number of carbonyl (C=O) groups is 1. The van der Waals surface area contributed by atoms with Crippen LogP contribution in [0, 0.1) is 0 Å². The minimum Gasteiger partial charge on any atom is -0.496 e. The van der Waals surface area contributed by atoms with Crippen molar-refractivity contribution in [3.8, 4) is 5.75 Å². The first-order valence-corrected chi connectivity index (χ1v) is 10.3. The molecule has 1 N–H and O–H groups in total. The van der Waals surface area contributed by atoms with Gasteiger partial charge in [-0.3, -0.25) is 4.79 Å². The summed E-state index contributed by atoms with van der Waals surface area (Å²) in [5, 5.41) is 3.38. The third-order valence-corrected chi connectivity index (χ3v) is 5.18. The van der Waals surface area contributed by atoms with Gasteiger partial charge in [0.25, 0.3) is 0 Å². The maximum Gasteiger partial charge on any atom is 0.185 e. The van der Waals surface area contributed by atoms with Gasteiger partial charge in [-0.15, -0.1) is 6.58 Å². The van der Waals surface area contributed by atoms with Crippen LogP contribution in [0.5, 0.6) is 5.75 Å². The van der Waals surface area contributed by atoms with E-state index in [0.717, 1.165) is 42.1 Å². The first-order chi connectivity index (χ1) is 14.3. The normalized spacial score (nSPS) is 11.7. The molecule has 0 spiro atoms. The minimum absolute atomic E-state index is 0.0374. The highest BCUT2D eigenvalue weighted by Gasteiger charge is 2.17. The van der Waals surface area contributed by atoms with E-state index in [9.17, 15) is 4.79 Å². The molecule has 0 atom stereocenters. The van der Waals surface area contributed by atoms with Gasteiger partial charge in [-0.25, -0.2) is 0 Å². The summed E-state index contributed by atoms with van der Waals surface area (Å²) in [6.07, 6.45) is 6.41. The summed E-state index contributed by atoms with van der Waals surface area (Å²) in [7, 11) is 5.78. The van der Waals surface area contributed by atoms with E-state index in [2.05, 4.69) is 44.7 Å². The zero-order valence-electron chi connectivity index (χ0n) is 18.9. The molecular weight excluding hydrogens is 372 g/mol. The Bertz CT molecular complexity index is 880. The lowest BCUT2D eigenvalue weighted by atomic mass is 9.84. The zero-order valence-corrected chi connectivity index (χ0v) is 18.9. The number of carbonyl (C=O) groups excluding carboxylic acids is 1. The van der Waals surface area contributed by atoms with Crippen molar-refractivity contribution in [1.29, 1.82) is 0 Å². The van der Waals surface area contributed by atoms with Gasteiger partial charge in [-0.05, 0) is 81.2 Å². The average molecular weight is 407 g/mol. The summed E-state index contributed by atoms with van der Waals surface area (Å²) >= 11 is 0. The number of rotatable bonds is 11. The Morgan fingerprint density at radius 3 is 2.47 bits per heavy atom. The molecule has 160 valence electrons. The van der Waals surface area contributed by atoms with E-state index < -0.39 is 0 Å². The molecule has 0 aliphatic carbocycles. The van der Waals surface area contributed by atoms with Crippen molar-refractivity contribution >= 4 is 17.5 Å². The summed E-state index contributed by atoms with van der Waals surface area (Å²) in [6.45, 7) is 10.1. The number of hydrogen-bond acceptors (Lipinski definition) is 4. The van der Waals surface area contributed by atoms with Gasteiger partial charge in [0.2, 0.25) is 0 Å². The molecule has 4 nitrogen and oxygen atoms in total. The summed E-state index contributed by atoms with van der Waals surface area (Å²) in [5.74, 6) is 0.699. The second-order valence-electron chi connectivity index (χ2n) is 8.24. The standard InChI is InChI=1S/C26H34N2O2/c1-7-26(2,3)22-12-16-25(30-6)21(19-22)11-15-24(29)20-9-13-23(14-10-20)27-17-8-18-28(4)5/h7,9-16,19,27H,1,8,17-18H2,2-6H3. The predicted octanol–water partition coefficient (Wildman–Crippen LogP) is 5.42. The molecule has 0 fully saturated rings. The van der Waals surface area contributed by atoms with Crippen LogP contribution in [0.15, 0.2) is 61.2 Å². The second-order valence-corrected chi connectivity index (χ2v) is 8.24. The Morgan fingerprint density at radius 1 is 1.17 bits per heavy atom. The molecule has 0 heterocycles. The highest BCUT2D eigenvalue weighted by atomic mass is 16.5. The molecule has 2 aromatic carbocycles. The predicted molar refractivity (Wildman–Crippen MR) is 128 cm³/mol. The molecule has 0 saturated heterocycles. The molecule has 2 rings (SSSR count). The lowest BCUT2D eigenvalue weighted by Gasteiger charge is -2.21. The number of methoxy groups -OCH3 is 1. The van der Waals surface area contributed by atoms with E-state index in [1.54, 1.807) is 13.2 Å². The minimum atomic E-state index is -0.158. The van der Waals surface area contributed by atoms with Crippen molar-refractivity contribution in [3.05, 3.63) is 77.9 Å². The Labute approximate surface area is 181 Å². The van der Waals surface area contributed by atoms with E-state index in [-0.39, 0.29) is 11.2 Å². The van der Waals surface area contributed by atoms with Gasteiger partial charge in [0.15, 0.2) is 5.78 Å². The van der Waals surface area contributed by atoms with Crippen LogP contribution in [0.4, 0.5) is 5.69 Å². The van der Waals surface area contributed by atoms with E-state index in [1.807, 2.05) is 54.6 Å². The van der Waals surface area contributed by atoms with Crippen LogP contribution in [0.3, 0.4) is 0 Å². The van der Waals surface area contributed by atoms with Gasteiger partial charge in [0, 0.05) is 28.8 Å². The van der Waals surface area contributed by atoms with Crippen LogP contribution in [0.25, 0.3) is 6.08 Å². The first kappa shape index (κ1) is 23.4. The van der Waals surface area contributed by atoms with Crippen molar-refractivity contribution < 1.29 is 9.53 Å². The lowest BCUT2D eigenvalue weighted by Crippen LogP contribution is -2.16. The number of hydrogen-bond donors (Lipinski definition) is 1. The number of benzene rings is 2. The first-order valence-electron chi connectivity index (χ1n) is 10.3. The molecular formula is C26H34N2O2. The van der Waals surface area contributed by atoms with E-state index >= 15 is 0 Å². The van der Waals surface area contributed by atoms with Crippen LogP contribution in [0.1, 0.15) is 41.8 Å². The fourth-order valence-electron chi connectivity index (χ4n) is 3.03. The van der Waals surface area contributed by atoms with E-state index in [1.165, 1.54) is 0 Å². The number of nitrogens with zero attached hydrogens (tertiary/aromatic N) is 1. The quantitative estimate of drug-likeness (QED) is 0.234. The van der Waals surface area contributed by atoms with Crippen LogP contribution in [-0.4, -0.2) is 45.0 Å². The van der Waals surface area contributed by atoms with E-state index in [0.29, 0.717) is 5.56 Å². The number of ether oxygens (including phenoxy) is 1. The number of nitrogens with one attached hydrogen (secondary N) is 1. The molecule has 0 aliphatic rings. The third kappa shape index (κ3) is 6.60. The summed E-state index contributed by atoms with van der Waals surface area (Å²) in [6, 6.07) is 13.6. The second kappa shape index (κ2) is 10.8. The average Bonchev–Trinajstić information content (AvgIpc) is 2.75. The number of anilines is 1. The molecule has 0 amide bonds. The van der Waals surface area contributed by atoms with Gasteiger partial charge >= 0.3 is 0 Å². The van der Waals surface area contributed by atoms with Crippen LogP contribution < -0.4 is 10.1 Å². The lowest BCUT2D eigenvalue weighted by molar-refractivity contribution is 0.104. The fourth-order valence-corrected chi connectivity index (χ4v) is 3.03. The maximum absolute atomic E-state index is 12.6. The molecule has 30 heavy (non-hydrogen) atoms. The maximum atomic E-state index is 12.6. The van der Waals surface area contributed by atoms with Crippen LogP contribution >= 0.6 is 0 Å². The van der Waals surface area contributed by atoms with Crippen molar-refractivity contribution in [3.63, 3.8) is 0 Å². The fraction of sp³-hybridized carbons (Fsp3) is 0.346. The van der Waals surface area contributed by atoms with Gasteiger partial charge < -0.3 is 15.0 Å². The Balaban J connectivity index is 2.08. The molecule has 2 aromatic rings. The van der Waals surface area contributed by atoms with Gasteiger partial charge in [0.05, 0.1) is 7.11 Å². The zero-order chi connectivity index (χ0) is 22.1. The SMILES string of the molecule is C=CC(C)(C)c1ccc(OC)c(C=CC(=O)c2ccc(NCCCN(C)C)cc2)c1. The molecule has 0 saturated carbocycles. The van der Waals surface area contributed by atoms with Gasteiger partial charge in [-0.2, -0.15) is 0 Å². The summed E-state index contributed by atoms with van der Waals surface area (Å²) < 4.78 is 5.46. The van der Waals surface area contributed by atoms with Crippen molar-refractivity contribution in [2.75, 3.05) is 39.6 Å². The van der Waals surface area contributed by atoms with Crippen LogP contribution in [0.2, 0.25) is 0 Å². The smallest absolute Gasteiger partial charge is 0.185 e. The van der Waals surface area contributed by atoms with Gasteiger partial charge in [-0.1, -0.05) is 26.0 Å². The van der Waals surface area contributed by atoms with Crippen molar-refractivity contribution in [2.45, 2.75) is 25.7 Å². The summed E-state index contributed by atoms with van der Waals surface area (Å²) in [4.78, 5) is 14.8. The Morgan fingerprint density at radius 2 is 1.87 bits per heavy atom. The van der Waals surface area contributed by atoms with Crippen LogP contribution in [-0.2, 0) is 5.41 Å². The molecule has 0 radical (unpaired) electrons. The largest absolute Gasteiger partial charge is 0.496 e. The number of ketones is 1. The molecule has 4 heteroatoms. The molecule has 0 aromatic heterocycles. The van der Waals surface area contributed by atoms with E-state index in [4.69, 9.17) is 4.74 Å². The number of allylic oxidation sites excluding steroid dienone is 2. The highest BCUT2D eigenvalue weighted by Crippen LogP contribution is 2.30.